The quantitative estimate of drug-likeness (QED) is 0.227. The van der Waals surface area contributed by atoms with E-state index in [1.54, 1.807) is 30.1 Å². The maximum atomic E-state index is 13.6. The molecular formula is C17H10F5N3O2. The third-order valence-corrected chi connectivity index (χ3v) is 3.66. The average Bonchev–Trinajstić information content (AvgIpc) is 3.16. The lowest BCUT2D eigenvalue weighted by Crippen LogP contribution is -2.16. The second-order valence-electron chi connectivity index (χ2n) is 5.43. The van der Waals surface area contributed by atoms with E-state index in [2.05, 4.69) is 14.8 Å². The molecule has 0 aliphatic carbocycles. The zero-order valence-electron chi connectivity index (χ0n) is 13.6. The van der Waals surface area contributed by atoms with E-state index >= 15 is 0 Å². The Kier molecular flexibility index (Phi) is 4.89. The van der Waals surface area contributed by atoms with Gasteiger partial charge >= 0.3 is 5.97 Å². The monoisotopic (exact) mass is 383 g/mol. The van der Waals surface area contributed by atoms with Gasteiger partial charge in [-0.1, -0.05) is 6.07 Å². The van der Waals surface area contributed by atoms with Crippen LogP contribution in [0.4, 0.5) is 22.0 Å². The molecule has 0 radical (unpaired) electrons. The highest BCUT2D eigenvalue weighted by Crippen LogP contribution is 2.29. The molecule has 10 heteroatoms. The van der Waals surface area contributed by atoms with E-state index in [0.29, 0.717) is 17.8 Å². The highest BCUT2D eigenvalue weighted by Gasteiger charge is 2.29. The Morgan fingerprint density at radius 2 is 1.67 bits per heavy atom. The molecule has 2 heterocycles. The summed E-state index contributed by atoms with van der Waals surface area (Å²) in [4.78, 5) is 16.0. The molecule has 2 aromatic heterocycles. The fraction of sp³-hybridized carbons (Fsp3) is 0.118. The van der Waals surface area contributed by atoms with E-state index < -0.39 is 40.8 Å². The van der Waals surface area contributed by atoms with Gasteiger partial charge < -0.3 is 4.74 Å². The van der Waals surface area contributed by atoms with Gasteiger partial charge in [-0.05, 0) is 24.6 Å². The Hall–Kier alpha value is -3.30. The fourth-order valence-electron chi connectivity index (χ4n) is 2.26. The molecule has 0 fully saturated rings. The van der Waals surface area contributed by atoms with E-state index in [1.165, 1.54) is 12.1 Å². The summed E-state index contributed by atoms with van der Waals surface area (Å²) < 4.78 is 72.6. The predicted molar refractivity (Wildman–Crippen MR) is 81.5 cm³/mol. The van der Waals surface area contributed by atoms with Crippen LogP contribution in [0.2, 0.25) is 0 Å². The molecule has 0 amide bonds. The Balaban J connectivity index is 1.86. The number of halogens is 5. The molecule has 0 saturated heterocycles. The lowest BCUT2D eigenvalue weighted by atomic mass is 10.2. The molecule has 0 bridgehead atoms. The first-order valence-corrected chi connectivity index (χ1v) is 7.47. The van der Waals surface area contributed by atoms with Crippen molar-refractivity contribution in [3.05, 3.63) is 76.6 Å². The van der Waals surface area contributed by atoms with Gasteiger partial charge in [-0.15, -0.1) is 0 Å². The number of aryl methyl sites for hydroxylation is 1. The zero-order valence-corrected chi connectivity index (χ0v) is 13.6. The molecule has 0 aliphatic rings. The van der Waals surface area contributed by atoms with Crippen molar-refractivity contribution >= 4 is 5.97 Å². The van der Waals surface area contributed by atoms with E-state index in [1.807, 2.05) is 0 Å². The Morgan fingerprint density at radius 3 is 2.22 bits per heavy atom. The van der Waals surface area contributed by atoms with Gasteiger partial charge in [-0.2, -0.15) is 13.9 Å². The van der Waals surface area contributed by atoms with Gasteiger partial charge in [0.1, 0.15) is 5.69 Å². The summed E-state index contributed by atoms with van der Waals surface area (Å²) in [5.74, 6) is -14.3. The van der Waals surface area contributed by atoms with Crippen molar-refractivity contribution in [3.8, 4) is 5.75 Å². The lowest BCUT2D eigenvalue weighted by molar-refractivity contribution is 0.0709. The minimum absolute atomic E-state index is 0.360. The molecule has 0 unspecified atom stereocenters. The van der Waals surface area contributed by atoms with Crippen LogP contribution in [-0.4, -0.2) is 20.7 Å². The predicted octanol–water partition coefficient (Wildman–Crippen LogP) is 3.55. The molecular weight excluding hydrogens is 373 g/mol. The Bertz CT molecular complexity index is 993. The third kappa shape index (κ3) is 3.50. The first-order chi connectivity index (χ1) is 12.8. The SMILES string of the molecule is Cc1nc(C(=O)Oc2c(F)c(F)c(F)c(F)c2F)ccc1Cn1cccn1. The molecule has 140 valence electrons. The standard InChI is InChI=1S/C17H10F5N3O2/c1-8-9(7-25-6-2-5-23-25)3-4-10(24-8)17(26)27-16-14(21)12(19)11(18)13(20)15(16)22/h2-6H,7H2,1H3. The number of esters is 1. The number of carbonyl (C=O) groups is 1. The molecule has 0 saturated carbocycles. The van der Waals surface area contributed by atoms with Crippen LogP contribution in [0, 0.1) is 36.0 Å². The molecule has 0 N–H and O–H groups in total. The molecule has 0 atom stereocenters. The van der Waals surface area contributed by atoms with Crippen molar-refractivity contribution < 1.29 is 31.5 Å². The third-order valence-electron chi connectivity index (χ3n) is 3.66. The van der Waals surface area contributed by atoms with Crippen molar-refractivity contribution in [1.29, 1.82) is 0 Å². The van der Waals surface area contributed by atoms with Crippen molar-refractivity contribution in [3.63, 3.8) is 0 Å². The Labute approximate surface area is 149 Å². The van der Waals surface area contributed by atoms with Crippen molar-refractivity contribution in [2.45, 2.75) is 13.5 Å². The number of pyridine rings is 1. The molecule has 27 heavy (non-hydrogen) atoms. The summed E-state index contributed by atoms with van der Waals surface area (Å²) in [5.41, 5.74) is 0.740. The number of nitrogens with zero attached hydrogens (tertiary/aromatic N) is 3. The number of rotatable bonds is 4. The smallest absolute Gasteiger partial charge is 0.362 e. The number of carbonyl (C=O) groups excluding carboxylic acids is 1. The van der Waals surface area contributed by atoms with Crippen LogP contribution < -0.4 is 4.74 Å². The van der Waals surface area contributed by atoms with E-state index in [4.69, 9.17) is 0 Å². The summed E-state index contributed by atoms with van der Waals surface area (Å²) in [7, 11) is 0. The minimum atomic E-state index is -2.35. The molecule has 3 rings (SSSR count). The highest BCUT2D eigenvalue weighted by atomic mass is 19.2. The van der Waals surface area contributed by atoms with Crippen LogP contribution in [0.25, 0.3) is 0 Å². The number of aromatic nitrogens is 3. The minimum Gasteiger partial charge on any atom is -0.415 e. The normalized spacial score (nSPS) is 10.9. The van der Waals surface area contributed by atoms with Crippen molar-refractivity contribution in [1.82, 2.24) is 14.8 Å². The van der Waals surface area contributed by atoms with Gasteiger partial charge in [0.25, 0.3) is 0 Å². The maximum absolute atomic E-state index is 13.6. The van der Waals surface area contributed by atoms with Crippen molar-refractivity contribution in [2.75, 3.05) is 0 Å². The molecule has 0 aliphatic heterocycles. The summed E-state index contributed by atoms with van der Waals surface area (Å²) in [6.45, 7) is 1.94. The molecule has 5 nitrogen and oxygen atoms in total. The zero-order chi connectivity index (χ0) is 19.7. The lowest BCUT2D eigenvalue weighted by Gasteiger charge is -2.10. The van der Waals surface area contributed by atoms with Gasteiger partial charge in [-0.25, -0.2) is 22.9 Å². The Morgan fingerprint density at radius 1 is 1.04 bits per heavy atom. The number of ether oxygens (including phenoxy) is 1. The second-order valence-corrected chi connectivity index (χ2v) is 5.43. The van der Waals surface area contributed by atoms with E-state index in [9.17, 15) is 26.7 Å². The van der Waals surface area contributed by atoms with Crippen LogP contribution in [0.1, 0.15) is 21.7 Å². The van der Waals surface area contributed by atoms with E-state index in [-0.39, 0.29) is 5.69 Å². The topological polar surface area (TPSA) is 57.0 Å². The average molecular weight is 383 g/mol. The first kappa shape index (κ1) is 18.5. The van der Waals surface area contributed by atoms with Gasteiger partial charge in [0.2, 0.25) is 34.8 Å². The second kappa shape index (κ2) is 7.14. The van der Waals surface area contributed by atoms with Gasteiger partial charge in [0.05, 0.1) is 6.54 Å². The molecule has 3 aromatic rings. The maximum Gasteiger partial charge on any atom is 0.362 e. The number of hydrogen-bond donors (Lipinski definition) is 0. The molecule has 1 aromatic carbocycles. The summed E-state index contributed by atoms with van der Waals surface area (Å²) in [6, 6.07) is 4.44. The largest absolute Gasteiger partial charge is 0.415 e. The summed E-state index contributed by atoms with van der Waals surface area (Å²) in [6.07, 6.45) is 3.29. The van der Waals surface area contributed by atoms with Crippen LogP contribution in [-0.2, 0) is 6.54 Å². The van der Waals surface area contributed by atoms with Crippen LogP contribution in [0.15, 0.2) is 30.6 Å². The first-order valence-electron chi connectivity index (χ1n) is 7.47. The number of benzene rings is 1. The summed E-state index contributed by atoms with van der Waals surface area (Å²) in [5, 5.41) is 4.02. The summed E-state index contributed by atoms with van der Waals surface area (Å²) >= 11 is 0. The van der Waals surface area contributed by atoms with Crippen molar-refractivity contribution in [2.24, 2.45) is 0 Å². The van der Waals surface area contributed by atoms with Gasteiger partial charge in [0, 0.05) is 18.1 Å². The number of hydrogen-bond acceptors (Lipinski definition) is 4. The fourth-order valence-corrected chi connectivity index (χ4v) is 2.26. The van der Waals surface area contributed by atoms with Crippen LogP contribution in [0.3, 0.4) is 0 Å². The molecule has 0 spiro atoms. The van der Waals surface area contributed by atoms with Gasteiger partial charge in [0.15, 0.2) is 0 Å². The van der Waals surface area contributed by atoms with Crippen LogP contribution in [0.5, 0.6) is 5.75 Å². The van der Waals surface area contributed by atoms with Gasteiger partial charge in [-0.3, -0.25) is 4.68 Å². The van der Waals surface area contributed by atoms with Crippen LogP contribution >= 0.6 is 0 Å². The van der Waals surface area contributed by atoms with E-state index in [0.717, 1.165) is 0 Å². The highest BCUT2D eigenvalue weighted by molar-refractivity contribution is 5.89.